The Balaban J connectivity index is 0.000000358. The number of nitrogens with zero attached hydrogens (tertiary/aromatic N) is 1. The number of aryl methyl sites for hydroxylation is 1. The van der Waals surface area contributed by atoms with Gasteiger partial charge in [-0.3, -0.25) is 9.59 Å². The number of benzene rings is 4. The summed E-state index contributed by atoms with van der Waals surface area (Å²) in [5, 5.41) is 10.3. The van der Waals surface area contributed by atoms with E-state index in [9.17, 15) is 14.4 Å². The maximum absolute atomic E-state index is 12.1. The van der Waals surface area contributed by atoms with Crippen LogP contribution in [0.1, 0.15) is 50.4 Å². The highest BCUT2D eigenvalue weighted by Gasteiger charge is 2.24. The van der Waals surface area contributed by atoms with Gasteiger partial charge in [-0.15, -0.1) is 0 Å². The average molecular weight is 746 g/mol. The molecule has 6 rings (SSSR count). The Kier molecular flexibility index (Phi) is 19.4. The van der Waals surface area contributed by atoms with Crippen LogP contribution in [0.25, 0.3) is 22.0 Å². The number of halogens is 1. The van der Waals surface area contributed by atoms with Gasteiger partial charge in [0.2, 0.25) is 0 Å². The van der Waals surface area contributed by atoms with Crippen LogP contribution in [0.3, 0.4) is 0 Å². The Morgan fingerprint density at radius 1 is 0.780 bits per heavy atom. The summed E-state index contributed by atoms with van der Waals surface area (Å²) >= 11 is 3.18. The van der Waals surface area contributed by atoms with E-state index in [-0.39, 0.29) is 13.0 Å². The highest BCUT2D eigenvalue weighted by Crippen LogP contribution is 2.37. The van der Waals surface area contributed by atoms with Crippen LogP contribution in [-0.2, 0) is 30.2 Å². The lowest BCUT2D eigenvalue weighted by Crippen LogP contribution is -2.13. The standard InChI is InChI=1S/C16H11NO.C11H11BrO4.C8H7N.2C2H6O.CH4/c18-16-13-8-4-3-7-12(13)14-9-10-5-1-2-6-11(10)15(14)17-16;1-15-10(13)8-6-4-3-5-7(8)9(12)11(14)16-2;1-7-4-2-3-5-8(7)6-9;2*1-3-2;/h1-8H,9H2,(H,17,18);3-6,9H,1-2H3;2-5H,1H3;2*1-2H3;1H4. The zero-order valence-electron chi connectivity index (χ0n) is 28.7. The molecule has 4 aromatic carbocycles. The minimum Gasteiger partial charge on any atom is -0.468 e. The summed E-state index contributed by atoms with van der Waals surface area (Å²) in [4.78, 5) is 37.3. The van der Waals surface area contributed by atoms with Crippen LogP contribution in [0.2, 0.25) is 0 Å². The molecule has 0 amide bonds. The van der Waals surface area contributed by atoms with E-state index in [4.69, 9.17) is 5.26 Å². The molecule has 1 atom stereocenters. The van der Waals surface area contributed by atoms with E-state index < -0.39 is 16.8 Å². The van der Waals surface area contributed by atoms with Gasteiger partial charge in [-0.2, -0.15) is 5.26 Å². The summed E-state index contributed by atoms with van der Waals surface area (Å²) in [5.41, 5.74) is 7.37. The molecular formula is C40H45BrN2O7. The van der Waals surface area contributed by atoms with Crippen molar-refractivity contribution in [2.45, 2.75) is 25.6 Å². The fourth-order valence-corrected chi connectivity index (χ4v) is 5.39. The molecule has 0 radical (unpaired) electrons. The first-order valence-electron chi connectivity index (χ1n) is 15.0. The highest BCUT2D eigenvalue weighted by atomic mass is 79.9. The van der Waals surface area contributed by atoms with Gasteiger partial charge >= 0.3 is 11.9 Å². The van der Waals surface area contributed by atoms with Crippen LogP contribution in [0.4, 0.5) is 0 Å². The van der Waals surface area contributed by atoms with Gasteiger partial charge in [0.15, 0.2) is 0 Å². The van der Waals surface area contributed by atoms with E-state index in [2.05, 4.69) is 58.1 Å². The van der Waals surface area contributed by atoms with E-state index in [0.717, 1.165) is 39.6 Å². The second-order valence-corrected chi connectivity index (χ2v) is 11.3. The molecule has 264 valence electrons. The Labute approximate surface area is 302 Å². The molecule has 5 aromatic rings. The number of ether oxygens (including phenoxy) is 4. The molecular weight excluding hydrogens is 700 g/mol. The fourth-order valence-electron chi connectivity index (χ4n) is 4.80. The van der Waals surface area contributed by atoms with Gasteiger partial charge in [0, 0.05) is 45.8 Å². The normalized spacial score (nSPS) is 10.5. The van der Waals surface area contributed by atoms with Crippen LogP contribution in [0, 0.1) is 18.3 Å². The number of rotatable bonds is 3. The number of carbonyl (C=O) groups excluding carboxylic acids is 2. The molecule has 1 aromatic heterocycles. The number of hydrogen-bond donors (Lipinski definition) is 1. The van der Waals surface area contributed by atoms with E-state index in [0.29, 0.717) is 11.1 Å². The van der Waals surface area contributed by atoms with Crippen LogP contribution >= 0.6 is 15.9 Å². The monoisotopic (exact) mass is 744 g/mol. The lowest BCUT2D eigenvalue weighted by molar-refractivity contribution is -0.139. The van der Waals surface area contributed by atoms with Gasteiger partial charge in [-0.1, -0.05) is 102 Å². The lowest BCUT2D eigenvalue weighted by atomic mass is 10.0. The zero-order valence-corrected chi connectivity index (χ0v) is 30.3. The first-order valence-corrected chi connectivity index (χ1v) is 15.9. The van der Waals surface area contributed by atoms with Gasteiger partial charge in [-0.05, 0) is 52.8 Å². The van der Waals surface area contributed by atoms with E-state index in [1.807, 2.05) is 67.6 Å². The Morgan fingerprint density at radius 2 is 1.32 bits per heavy atom. The molecule has 1 heterocycles. The molecule has 0 saturated heterocycles. The Hall–Kier alpha value is -5.08. The third-order valence-corrected chi connectivity index (χ3v) is 7.87. The third kappa shape index (κ3) is 11.5. The molecule has 1 aliphatic rings. The van der Waals surface area contributed by atoms with Crippen molar-refractivity contribution in [3.63, 3.8) is 0 Å². The van der Waals surface area contributed by atoms with Crippen molar-refractivity contribution < 1.29 is 28.5 Å². The summed E-state index contributed by atoms with van der Waals surface area (Å²) in [6.07, 6.45) is 0.906. The van der Waals surface area contributed by atoms with Crippen LogP contribution in [0.5, 0.6) is 0 Å². The second kappa shape index (κ2) is 22.5. The van der Waals surface area contributed by atoms with Crippen molar-refractivity contribution in [1.82, 2.24) is 4.98 Å². The number of nitriles is 1. The molecule has 1 aliphatic carbocycles. The van der Waals surface area contributed by atoms with Crippen LogP contribution in [-0.4, -0.2) is 59.6 Å². The van der Waals surface area contributed by atoms with E-state index >= 15 is 0 Å². The summed E-state index contributed by atoms with van der Waals surface area (Å²) < 4.78 is 17.7. The first kappa shape index (κ1) is 42.9. The summed E-state index contributed by atoms with van der Waals surface area (Å²) in [5.74, 6) is -0.944. The van der Waals surface area contributed by atoms with Gasteiger partial charge in [0.05, 0.1) is 37.1 Å². The number of pyridine rings is 1. The molecule has 9 nitrogen and oxygen atoms in total. The number of esters is 2. The highest BCUT2D eigenvalue weighted by molar-refractivity contribution is 9.09. The maximum Gasteiger partial charge on any atom is 0.338 e. The zero-order chi connectivity index (χ0) is 36.3. The molecule has 0 fully saturated rings. The average Bonchev–Trinajstić information content (AvgIpc) is 3.51. The fraction of sp³-hybridized carbons (Fsp3) is 0.250. The Bertz CT molecular complexity index is 1930. The number of fused-ring (bicyclic) bond motifs is 5. The quantitative estimate of drug-likeness (QED) is 0.142. The number of aromatic amines is 1. The van der Waals surface area contributed by atoms with Crippen molar-refractivity contribution in [2.24, 2.45) is 0 Å². The van der Waals surface area contributed by atoms with E-state index in [1.165, 1.54) is 25.3 Å². The molecule has 1 unspecified atom stereocenters. The van der Waals surface area contributed by atoms with Crippen molar-refractivity contribution in [3.05, 3.63) is 141 Å². The largest absolute Gasteiger partial charge is 0.468 e. The first-order chi connectivity index (χ1) is 23.6. The van der Waals surface area contributed by atoms with Crippen molar-refractivity contribution in [1.29, 1.82) is 5.26 Å². The number of H-pyrrole nitrogens is 1. The molecule has 0 aliphatic heterocycles. The van der Waals surface area contributed by atoms with Crippen LogP contribution in [0.15, 0.2) is 102 Å². The lowest BCUT2D eigenvalue weighted by Gasteiger charge is -2.11. The predicted molar refractivity (Wildman–Crippen MR) is 203 cm³/mol. The van der Waals surface area contributed by atoms with E-state index in [1.54, 1.807) is 52.7 Å². The molecule has 50 heavy (non-hydrogen) atoms. The van der Waals surface area contributed by atoms with Crippen molar-refractivity contribution in [3.8, 4) is 17.3 Å². The van der Waals surface area contributed by atoms with Gasteiger partial charge in [0.1, 0.15) is 4.83 Å². The third-order valence-electron chi connectivity index (χ3n) is 7.00. The number of carbonyl (C=O) groups is 2. The number of hydrogen-bond acceptors (Lipinski definition) is 8. The SMILES string of the molecule is C.COC.COC.COC(=O)c1ccccc1C(Br)C(=O)OC.Cc1ccccc1C#N.O=c1[nH]c2c(c3ccccc13)Cc1ccccc1-2. The van der Waals surface area contributed by atoms with Gasteiger partial charge in [-0.25, -0.2) is 4.79 Å². The van der Waals surface area contributed by atoms with Crippen LogP contribution < -0.4 is 5.56 Å². The molecule has 0 spiro atoms. The number of nitrogens with one attached hydrogen (secondary N) is 1. The number of aromatic nitrogens is 1. The topological polar surface area (TPSA) is 128 Å². The maximum atomic E-state index is 12.1. The van der Waals surface area contributed by atoms with Gasteiger partial charge in [0.25, 0.3) is 5.56 Å². The molecule has 1 N–H and O–H groups in total. The molecule has 0 saturated carbocycles. The summed E-state index contributed by atoms with van der Waals surface area (Å²) in [6.45, 7) is 1.93. The van der Waals surface area contributed by atoms with Crippen molar-refractivity contribution in [2.75, 3.05) is 42.7 Å². The smallest absolute Gasteiger partial charge is 0.338 e. The van der Waals surface area contributed by atoms with Crippen molar-refractivity contribution >= 4 is 38.6 Å². The molecule has 10 heteroatoms. The minimum absolute atomic E-state index is 0. The van der Waals surface area contributed by atoms with Gasteiger partial charge < -0.3 is 23.9 Å². The summed E-state index contributed by atoms with van der Waals surface area (Å²) in [7, 11) is 9.08. The number of alkyl halides is 1. The second-order valence-electron chi connectivity index (χ2n) is 10.4. The Morgan fingerprint density at radius 3 is 1.90 bits per heavy atom. The predicted octanol–water partition coefficient (Wildman–Crippen LogP) is 8.21. The molecule has 0 bridgehead atoms. The summed E-state index contributed by atoms with van der Waals surface area (Å²) in [6, 6.07) is 32.4. The number of methoxy groups -OCH3 is 4. The minimum atomic E-state index is -0.673.